The molecule has 28 heavy (non-hydrogen) atoms. The maximum absolute atomic E-state index is 12.1. The SMILES string of the molecule is CCNC(=NCCNC(=O)c1ccc(O)cc1)N(C)Cc1cccc(Cl)c1.I. The lowest BCUT2D eigenvalue weighted by Crippen LogP contribution is -2.39. The minimum absolute atomic E-state index is 0. The Morgan fingerprint density at radius 1 is 1.18 bits per heavy atom. The first-order valence-corrected chi connectivity index (χ1v) is 9.18. The first-order chi connectivity index (χ1) is 13.0. The first kappa shape index (κ1) is 24.0. The Balaban J connectivity index is 0.00000392. The average molecular weight is 517 g/mol. The van der Waals surface area contributed by atoms with Gasteiger partial charge in [0.2, 0.25) is 0 Å². The van der Waals surface area contributed by atoms with Gasteiger partial charge < -0.3 is 20.6 Å². The number of guanidine groups is 1. The highest BCUT2D eigenvalue weighted by Gasteiger charge is 2.08. The molecule has 0 radical (unpaired) electrons. The van der Waals surface area contributed by atoms with Gasteiger partial charge in [-0.05, 0) is 48.9 Å². The molecule has 3 N–H and O–H groups in total. The fourth-order valence-electron chi connectivity index (χ4n) is 2.50. The Morgan fingerprint density at radius 2 is 1.89 bits per heavy atom. The Kier molecular flexibility index (Phi) is 10.7. The highest BCUT2D eigenvalue weighted by atomic mass is 127. The number of rotatable bonds is 7. The van der Waals surface area contributed by atoms with Crippen LogP contribution in [-0.2, 0) is 6.54 Å². The van der Waals surface area contributed by atoms with Gasteiger partial charge in [0.25, 0.3) is 5.91 Å². The molecule has 8 heteroatoms. The van der Waals surface area contributed by atoms with E-state index >= 15 is 0 Å². The Bertz CT molecular complexity index is 784. The van der Waals surface area contributed by atoms with Crippen molar-refractivity contribution in [2.75, 3.05) is 26.7 Å². The summed E-state index contributed by atoms with van der Waals surface area (Å²) in [5, 5.41) is 16.0. The van der Waals surface area contributed by atoms with Gasteiger partial charge >= 0.3 is 0 Å². The molecule has 6 nitrogen and oxygen atoms in total. The van der Waals surface area contributed by atoms with E-state index in [1.807, 2.05) is 43.1 Å². The predicted molar refractivity (Wildman–Crippen MR) is 125 cm³/mol. The standard InChI is InChI=1S/C20H25ClN4O2.HI/c1-3-22-20(25(2)14-15-5-4-6-17(21)13-15)24-12-11-23-19(27)16-7-9-18(26)10-8-16;/h4-10,13,26H,3,11-12,14H2,1-2H3,(H,22,24)(H,23,27);1H. The molecule has 0 atom stereocenters. The highest BCUT2D eigenvalue weighted by Crippen LogP contribution is 2.12. The Labute approximate surface area is 188 Å². The van der Waals surface area contributed by atoms with Crippen LogP contribution in [0.5, 0.6) is 5.75 Å². The van der Waals surface area contributed by atoms with Crippen LogP contribution in [0.2, 0.25) is 5.02 Å². The van der Waals surface area contributed by atoms with Crippen LogP contribution in [0.15, 0.2) is 53.5 Å². The molecule has 0 aromatic heterocycles. The second-order valence-corrected chi connectivity index (χ2v) is 6.46. The van der Waals surface area contributed by atoms with Gasteiger partial charge in [0.15, 0.2) is 5.96 Å². The summed E-state index contributed by atoms with van der Waals surface area (Å²) in [6, 6.07) is 13.9. The summed E-state index contributed by atoms with van der Waals surface area (Å²) in [4.78, 5) is 18.6. The van der Waals surface area contributed by atoms with Gasteiger partial charge in [0.1, 0.15) is 5.75 Å². The van der Waals surface area contributed by atoms with Crippen molar-refractivity contribution in [2.45, 2.75) is 13.5 Å². The van der Waals surface area contributed by atoms with Crippen molar-refractivity contribution in [1.29, 1.82) is 0 Å². The number of aliphatic imine (C=N–C) groups is 1. The lowest BCUT2D eigenvalue weighted by Gasteiger charge is -2.22. The topological polar surface area (TPSA) is 77.0 Å². The minimum atomic E-state index is -0.192. The van der Waals surface area contributed by atoms with Crippen LogP contribution in [0.1, 0.15) is 22.8 Å². The number of carbonyl (C=O) groups is 1. The number of hydrogen-bond donors (Lipinski definition) is 3. The summed E-state index contributed by atoms with van der Waals surface area (Å²) in [7, 11) is 1.96. The van der Waals surface area contributed by atoms with Crippen LogP contribution in [0, 0.1) is 0 Å². The average Bonchev–Trinajstić information content (AvgIpc) is 2.64. The van der Waals surface area contributed by atoms with Crippen molar-refractivity contribution < 1.29 is 9.90 Å². The van der Waals surface area contributed by atoms with E-state index in [9.17, 15) is 9.90 Å². The molecule has 2 aromatic rings. The van der Waals surface area contributed by atoms with E-state index in [-0.39, 0.29) is 35.6 Å². The maximum Gasteiger partial charge on any atom is 0.251 e. The molecule has 0 heterocycles. The molecular weight excluding hydrogens is 491 g/mol. The molecule has 0 saturated carbocycles. The summed E-state index contributed by atoms with van der Waals surface area (Å²) in [5.74, 6) is 0.702. The highest BCUT2D eigenvalue weighted by molar-refractivity contribution is 14.0. The van der Waals surface area contributed by atoms with Gasteiger partial charge in [-0.3, -0.25) is 9.79 Å². The molecule has 0 unspecified atom stereocenters. The largest absolute Gasteiger partial charge is 0.508 e. The van der Waals surface area contributed by atoms with E-state index in [4.69, 9.17) is 11.6 Å². The minimum Gasteiger partial charge on any atom is -0.508 e. The molecule has 0 bridgehead atoms. The molecular formula is C20H26ClIN4O2. The van der Waals surface area contributed by atoms with Gasteiger partial charge in [-0.2, -0.15) is 0 Å². The molecule has 0 fully saturated rings. The summed E-state index contributed by atoms with van der Waals surface area (Å²) < 4.78 is 0. The molecule has 2 aromatic carbocycles. The molecule has 2 rings (SSSR count). The van der Waals surface area contributed by atoms with Crippen molar-refractivity contribution in [2.24, 2.45) is 4.99 Å². The van der Waals surface area contributed by atoms with Gasteiger partial charge in [0, 0.05) is 37.3 Å². The van der Waals surface area contributed by atoms with Gasteiger partial charge in [-0.15, -0.1) is 24.0 Å². The number of aromatic hydroxyl groups is 1. The van der Waals surface area contributed by atoms with Crippen molar-refractivity contribution in [3.63, 3.8) is 0 Å². The fourth-order valence-corrected chi connectivity index (χ4v) is 2.71. The molecule has 1 amide bonds. The van der Waals surface area contributed by atoms with Crippen molar-refractivity contribution in [3.05, 3.63) is 64.7 Å². The zero-order valence-corrected chi connectivity index (χ0v) is 19.1. The number of carbonyl (C=O) groups excluding carboxylic acids is 1. The van der Waals surface area contributed by atoms with Crippen LogP contribution in [0.3, 0.4) is 0 Å². The number of halogens is 2. The van der Waals surface area contributed by atoms with E-state index in [1.165, 1.54) is 12.1 Å². The summed E-state index contributed by atoms with van der Waals surface area (Å²) >= 11 is 6.04. The number of nitrogens with one attached hydrogen (secondary N) is 2. The van der Waals surface area contributed by atoms with Crippen molar-refractivity contribution in [3.8, 4) is 5.75 Å². The number of amides is 1. The van der Waals surface area contributed by atoms with E-state index < -0.39 is 0 Å². The van der Waals surface area contributed by atoms with Gasteiger partial charge in [0.05, 0.1) is 6.54 Å². The van der Waals surface area contributed by atoms with Crippen LogP contribution < -0.4 is 10.6 Å². The third-order valence-electron chi connectivity index (χ3n) is 3.79. The Morgan fingerprint density at radius 3 is 2.54 bits per heavy atom. The third kappa shape index (κ3) is 7.93. The van der Waals surface area contributed by atoms with Crippen LogP contribution in [0.25, 0.3) is 0 Å². The Hall–Kier alpha value is -2.00. The molecule has 0 aliphatic rings. The van der Waals surface area contributed by atoms with E-state index in [2.05, 4.69) is 15.6 Å². The smallest absolute Gasteiger partial charge is 0.251 e. The summed E-state index contributed by atoms with van der Waals surface area (Å²) in [6.07, 6.45) is 0. The summed E-state index contributed by atoms with van der Waals surface area (Å²) in [5.41, 5.74) is 1.60. The third-order valence-corrected chi connectivity index (χ3v) is 4.03. The quantitative estimate of drug-likeness (QED) is 0.228. The molecule has 0 saturated heterocycles. The van der Waals surface area contributed by atoms with Gasteiger partial charge in [-0.25, -0.2) is 0 Å². The number of benzene rings is 2. The molecule has 152 valence electrons. The second kappa shape index (κ2) is 12.5. The molecule has 0 spiro atoms. The van der Waals surface area contributed by atoms with Crippen molar-refractivity contribution >= 4 is 47.4 Å². The number of phenolic OH excluding ortho intramolecular Hbond substituents is 1. The second-order valence-electron chi connectivity index (χ2n) is 6.02. The first-order valence-electron chi connectivity index (χ1n) is 8.80. The maximum atomic E-state index is 12.1. The normalized spacial score (nSPS) is 10.8. The fraction of sp³-hybridized carbons (Fsp3) is 0.300. The van der Waals surface area contributed by atoms with E-state index in [1.54, 1.807) is 12.1 Å². The molecule has 0 aliphatic carbocycles. The van der Waals surface area contributed by atoms with Gasteiger partial charge in [-0.1, -0.05) is 23.7 Å². The zero-order chi connectivity index (χ0) is 19.6. The molecule has 0 aliphatic heterocycles. The number of phenols is 1. The predicted octanol–water partition coefficient (Wildman–Crippen LogP) is 3.49. The van der Waals surface area contributed by atoms with E-state index in [0.717, 1.165) is 18.1 Å². The van der Waals surface area contributed by atoms with E-state index in [0.29, 0.717) is 30.2 Å². The van der Waals surface area contributed by atoms with Crippen LogP contribution in [-0.4, -0.2) is 48.6 Å². The van der Waals surface area contributed by atoms with Crippen molar-refractivity contribution in [1.82, 2.24) is 15.5 Å². The zero-order valence-electron chi connectivity index (χ0n) is 16.0. The van der Waals surface area contributed by atoms with Crippen LogP contribution in [0.4, 0.5) is 0 Å². The summed E-state index contributed by atoms with van der Waals surface area (Å²) in [6.45, 7) is 4.30. The number of hydrogen-bond acceptors (Lipinski definition) is 3. The lowest BCUT2D eigenvalue weighted by atomic mass is 10.2. The monoisotopic (exact) mass is 516 g/mol. The lowest BCUT2D eigenvalue weighted by molar-refractivity contribution is 0.0955. The number of nitrogens with zero attached hydrogens (tertiary/aromatic N) is 2. The van der Waals surface area contributed by atoms with Crippen LogP contribution >= 0.6 is 35.6 Å².